The predicted molar refractivity (Wildman–Crippen MR) is 63.8 cm³/mol. The van der Waals surface area contributed by atoms with E-state index in [0.29, 0.717) is 17.6 Å². The number of hydrogen-bond donors (Lipinski definition) is 0. The third-order valence-electron chi connectivity index (χ3n) is 3.04. The summed E-state index contributed by atoms with van der Waals surface area (Å²) in [6, 6.07) is 2.77. The molecule has 0 amide bonds. The van der Waals surface area contributed by atoms with Crippen LogP contribution in [0.25, 0.3) is 11.0 Å². The molecule has 1 fully saturated rings. The van der Waals surface area contributed by atoms with E-state index in [2.05, 4.69) is 5.10 Å². The van der Waals surface area contributed by atoms with Crippen LogP contribution in [0.15, 0.2) is 23.1 Å². The quantitative estimate of drug-likeness (QED) is 0.752. The molecule has 1 saturated heterocycles. The van der Waals surface area contributed by atoms with Gasteiger partial charge < -0.3 is 9.30 Å². The molecular weight excluding hydrogens is 218 g/mol. The van der Waals surface area contributed by atoms with E-state index in [1.165, 1.54) is 6.07 Å². The standard InChI is InChI=1S/C12H15N3O2/c1-14-10-8-15(12-4-2-3-7-17-12)13-9(10)5-6-11(14)16/h5-6,8,12H,2-4,7H2,1H3/i1D3. The lowest BCUT2D eigenvalue weighted by atomic mass is 10.2. The van der Waals surface area contributed by atoms with Gasteiger partial charge in [0.25, 0.3) is 5.56 Å². The molecule has 0 N–H and O–H groups in total. The van der Waals surface area contributed by atoms with Gasteiger partial charge in [-0.25, -0.2) is 4.68 Å². The van der Waals surface area contributed by atoms with E-state index in [0.717, 1.165) is 23.8 Å². The summed E-state index contributed by atoms with van der Waals surface area (Å²) in [5.74, 6) is 0. The van der Waals surface area contributed by atoms with Crippen molar-refractivity contribution in [2.45, 2.75) is 25.5 Å². The molecule has 5 heteroatoms. The van der Waals surface area contributed by atoms with Crippen LogP contribution >= 0.6 is 0 Å². The zero-order valence-electron chi connectivity index (χ0n) is 12.3. The highest BCUT2D eigenvalue weighted by molar-refractivity contribution is 5.73. The zero-order chi connectivity index (χ0) is 14.3. The van der Waals surface area contributed by atoms with Crippen LogP contribution in [0.1, 0.15) is 29.6 Å². The van der Waals surface area contributed by atoms with Gasteiger partial charge in [-0.15, -0.1) is 0 Å². The van der Waals surface area contributed by atoms with Gasteiger partial charge in [-0.2, -0.15) is 5.10 Å². The highest BCUT2D eigenvalue weighted by Gasteiger charge is 2.17. The first-order valence-corrected chi connectivity index (χ1v) is 5.70. The van der Waals surface area contributed by atoms with E-state index in [9.17, 15) is 4.79 Å². The molecule has 17 heavy (non-hydrogen) atoms. The van der Waals surface area contributed by atoms with Crippen LogP contribution in [0, 0.1) is 0 Å². The molecule has 0 spiro atoms. The highest BCUT2D eigenvalue weighted by atomic mass is 16.5. The van der Waals surface area contributed by atoms with Gasteiger partial charge in [-0.05, 0) is 25.3 Å². The molecule has 2 aromatic rings. The van der Waals surface area contributed by atoms with E-state index < -0.39 is 12.5 Å². The number of nitrogens with zero attached hydrogens (tertiary/aromatic N) is 3. The van der Waals surface area contributed by atoms with E-state index >= 15 is 0 Å². The molecule has 0 aliphatic carbocycles. The Hall–Kier alpha value is -1.62. The second-order valence-electron chi connectivity index (χ2n) is 4.21. The number of rotatable bonds is 1. The largest absolute Gasteiger partial charge is 0.357 e. The van der Waals surface area contributed by atoms with Crippen LogP contribution in [0.3, 0.4) is 0 Å². The van der Waals surface area contributed by atoms with Crippen molar-refractivity contribution in [2.24, 2.45) is 6.98 Å². The molecule has 1 aliphatic rings. The van der Waals surface area contributed by atoms with Crippen LogP contribution in [0.2, 0.25) is 0 Å². The number of aryl methyl sites for hydroxylation is 1. The molecule has 90 valence electrons. The minimum absolute atomic E-state index is 0.184. The summed E-state index contributed by atoms with van der Waals surface area (Å²) < 4.78 is 30.5. The van der Waals surface area contributed by atoms with Gasteiger partial charge in [0.1, 0.15) is 11.7 Å². The summed E-state index contributed by atoms with van der Waals surface area (Å²) in [5, 5.41) is 4.33. The molecule has 2 aromatic heterocycles. The maximum absolute atomic E-state index is 11.8. The summed E-state index contributed by atoms with van der Waals surface area (Å²) in [5.41, 5.74) is 0.239. The Balaban J connectivity index is 2.13. The average Bonchev–Trinajstić information content (AvgIpc) is 2.81. The normalized spacial score (nSPS) is 24.2. The molecular formula is C12H15N3O2. The molecule has 1 atom stereocenters. The fourth-order valence-corrected chi connectivity index (χ4v) is 2.11. The van der Waals surface area contributed by atoms with Crippen LogP contribution in [-0.2, 0) is 11.7 Å². The summed E-state index contributed by atoms with van der Waals surface area (Å²) in [4.78, 5) is 11.8. The van der Waals surface area contributed by atoms with Crippen molar-refractivity contribution in [3.8, 4) is 0 Å². The lowest BCUT2D eigenvalue weighted by molar-refractivity contribution is -0.0390. The average molecular weight is 236 g/mol. The van der Waals surface area contributed by atoms with Crippen molar-refractivity contribution in [3.63, 3.8) is 0 Å². The fraction of sp³-hybridized carbons (Fsp3) is 0.500. The number of fused-ring (bicyclic) bond motifs is 1. The third kappa shape index (κ3) is 1.76. The number of aromatic nitrogens is 3. The molecule has 3 heterocycles. The van der Waals surface area contributed by atoms with Crippen LogP contribution in [0.5, 0.6) is 0 Å². The first kappa shape index (κ1) is 7.66. The summed E-state index contributed by atoms with van der Waals surface area (Å²) in [7, 11) is 0. The molecule has 0 aromatic carbocycles. The van der Waals surface area contributed by atoms with Gasteiger partial charge in [0.05, 0.1) is 11.7 Å². The first-order chi connectivity index (χ1) is 9.47. The minimum atomic E-state index is -2.52. The SMILES string of the molecule is [2H]C([2H])([2H])n1c(=O)ccc2nn(C3CCCCO3)cc21. The number of ether oxygens (including phenoxy) is 1. The molecule has 0 bridgehead atoms. The molecule has 3 rings (SSSR count). The van der Waals surface area contributed by atoms with Crippen LogP contribution in [-0.4, -0.2) is 21.0 Å². The molecule has 0 saturated carbocycles. The molecule has 0 radical (unpaired) electrons. The Kier molecular flexibility index (Phi) is 1.80. The number of hydrogen-bond acceptors (Lipinski definition) is 3. The van der Waals surface area contributed by atoms with E-state index in [-0.39, 0.29) is 6.23 Å². The lowest BCUT2D eigenvalue weighted by Crippen LogP contribution is -2.18. The predicted octanol–water partition coefficient (Wildman–Crippen LogP) is 1.43. The summed E-state index contributed by atoms with van der Waals surface area (Å²) >= 11 is 0. The van der Waals surface area contributed by atoms with Crippen LogP contribution in [0.4, 0.5) is 0 Å². The lowest BCUT2D eigenvalue weighted by Gasteiger charge is -2.22. The topological polar surface area (TPSA) is 49.0 Å². The van der Waals surface area contributed by atoms with Crippen molar-refractivity contribution in [3.05, 3.63) is 28.7 Å². The van der Waals surface area contributed by atoms with E-state index in [1.54, 1.807) is 16.9 Å². The van der Waals surface area contributed by atoms with Gasteiger partial charge in [0, 0.05) is 23.8 Å². The Morgan fingerprint density at radius 1 is 1.53 bits per heavy atom. The van der Waals surface area contributed by atoms with Crippen molar-refractivity contribution in [2.75, 3.05) is 6.61 Å². The van der Waals surface area contributed by atoms with Gasteiger partial charge in [0.2, 0.25) is 0 Å². The first-order valence-electron chi connectivity index (χ1n) is 7.20. The Morgan fingerprint density at radius 3 is 3.24 bits per heavy atom. The maximum Gasteiger partial charge on any atom is 0.250 e. The Labute approximate surface area is 103 Å². The number of pyridine rings is 1. The van der Waals surface area contributed by atoms with Crippen molar-refractivity contribution in [1.82, 2.24) is 14.3 Å². The van der Waals surface area contributed by atoms with E-state index in [4.69, 9.17) is 8.85 Å². The third-order valence-corrected chi connectivity index (χ3v) is 3.04. The summed E-state index contributed by atoms with van der Waals surface area (Å²) in [6.45, 7) is -1.84. The van der Waals surface area contributed by atoms with E-state index in [1.807, 2.05) is 0 Å². The monoisotopic (exact) mass is 236 g/mol. The second kappa shape index (κ2) is 4.00. The Morgan fingerprint density at radius 2 is 2.47 bits per heavy atom. The maximum atomic E-state index is 11.8. The zero-order valence-corrected chi connectivity index (χ0v) is 9.30. The fourth-order valence-electron chi connectivity index (χ4n) is 2.11. The second-order valence-corrected chi connectivity index (χ2v) is 4.21. The molecule has 5 nitrogen and oxygen atoms in total. The van der Waals surface area contributed by atoms with Gasteiger partial charge in [-0.3, -0.25) is 4.79 Å². The summed E-state index contributed by atoms with van der Waals surface area (Å²) in [6.07, 6.45) is 4.31. The Bertz CT molecular complexity index is 683. The van der Waals surface area contributed by atoms with Crippen LogP contribution < -0.4 is 5.56 Å². The van der Waals surface area contributed by atoms with Crippen molar-refractivity contribution >= 4 is 11.0 Å². The molecule has 1 unspecified atom stereocenters. The highest BCUT2D eigenvalue weighted by Crippen LogP contribution is 2.23. The minimum Gasteiger partial charge on any atom is -0.357 e. The molecule has 1 aliphatic heterocycles. The van der Waals surface area contributed by atoms with Crippen molar-refractivity contribution in [1.29, 1.82) is 0 Å². The van der Waals surface area contributed by atoms with Gasteiger partial charge >= 0.3 is 0 Å². The van der Waals surface area contributed by atoms with Gasteiger partial charge in [0.15, 0.2) is 0 Å². The van der Waals surface area contributed by atoms with Gasteiger partial charge in [-0.1, -0.05) is 0 Å². The smallest absolute Gasteiger partial charge is 0.250 e. The van der Waals surface area contributed by atoms with Crippen molar-refractivity contribution < 1.29 is 8.85 Å².